The van der Waals surface area contributed by atoms with Crippen molar-refractivity contribution in [1.29, 1.82) is 0 Å². The van der Waals surface area contributed by atoms with E-state index in [0.29, 0.717) is 17.1 Å². The number of halogens is 1. The molecule has 0 spiro atoms. The van der Waals surface area contributed by atoms with Crippen LogP contribution in [-0.4, -0.2) is 35.0 Å². The molecule has 0 saturated heterocycles. The van der Waals surface area contributed by atoms with Gasteiger partial charge >= 0.3 is 5.97 Å². The molecule has 0 aromatic heterocycles. The Kier molecular flexibility index (Phi) is 10.9. The number of hydrogen-bond donors (Lipinski definition) is 4. The standard InChI is InChI=1S/C30H34ClN3O5/c1-3-19(2)27(32)29(36)33-24-16-12-22(17-26(24)39-18-21-9-13-23(31)14-10-21)28(35)34-25(30(37)38)15-11-20-7-5-4-6-8-20/h4-10,12-14,16-17,19,25,27H,3,11,15,18,32H2,1-2H3,(H,33,36)(H,34,35)(H,37,38)/t19-,25-,27-/m0/s1. The highest BCUT2D eigenvalue weighted by Crippen LogP contribution is 2.28. The quantitative estimate of drug-likeness (QED) is 0.235. The number of ether oxygens (including phenoxy) is 1. The third-order valence-corrected chi connectivity index (χ3v) is 6.79. The lowest BCUT2D eigenvalue weighted by Gasteiger charge is -2.20. The molecule has 0 radical (unpaired) electrons. The second-order valence-electron chi connectivity index (χ2n) is 9.42. The Labute approximate surface area is 233 Å². The highest BCUT2D eigenvalue weighted by Gasteiger charge is 2.23. The van der Waals surface area contributed by atoms with Crippen molar-refractivity contribution < 1.29 is 24.2 Å². The van der Waals surface area contributed by atoms with Gasteiger partial charge in [-0.1, -0.05) is 74.3 Å². The first-order valence-corrected chi connectivity index (χ1v) is 13.2. The molecule has 8 nitrogen and oxygen atoms in total. The number of amides is 2. The van der Waals surface area contributed by atoms with Gasteiger partial charge < -0.3 is 26.2 Å². The van der Waals surface area contributed by atoms with E-state index >= 15 is 0 Å². The summed E-state index contributed by atoms with van der Waals surface area (Å²) in [7, 11) is 0. The summed E-state index contributed by atoms with van der Waals surface area (Å²) < 4.78 is 5.98. The third kappa shape index (κ3) is 8.84. The molecule has 9 heteroatoms. The molecule has 0 bridgehead atoms. The normalized spacial score (nSPS) is 13.1. The van der Waals surface area contributed by atoms with Gasteiger partial charge in [0, 0.05) is 10.6 Å². The summed E-state index contributed by atoms with van der Waals surface area (Å²) in [6, 6.07) is 19.3. The minimum Gasteiger partial charge on any atom is -0.487 e. The lowest BCUT2D eigenvalue weighted by molar-refractivity contribution is -0.139. The van der Waals surface area contributed by atoms with E-state index in [2.05, 4.69) is 10.6 Å². The Hall–Kier alpha value is -3.88. The molecular weight excluding hydrogens is 518 g/mol. The summed E-state index contributed by atoms with van der Waals surface area (Å²) in [4.78, 5) is 37.7. The molecule has 0 unspecified atom stereocenters. The summed E-state index contributed by atoms with van der Waals surface area (Å²) in [5.41, 5.74) is 8.44. The van der Waals surface area contributed by atoms with E-state index in [0.717, 1.165) is 17.5 Å². The minimum absolute atomic E-state index is 0.0303. The van der Waals surface area contributed by atoms with Crippen LogP contribution in [0.25, 0.3) is 0 Å². The molecule has 0 aliphatic heterocycles. The van der Waals surface area contributed by atoms with E-state index in [1.54, 1.807) is 30.3 Å². The lowest BCUT2D eigenvalue weighted by Crippen LogP contribution is -2.41. The molecule has 0 fully saturated rings. The van der Waals surface area contributed by atoms with Crippen LogP contribution in [0.2, 0.25) is 5.02 Å². The number of carboxylic acid groups (broad SMARTS) is 1. The number of benzene rings is 3. The first-order valence-electron chi connectivity index (χ1n) is 12.8. The van der Waals surface area contributed by atoms with Gasteiger partial charge in [0.15, 0.2) is 0 Å². The molecule has 0 heterocycles. The number of carbonyl (C=O) groups excluding carboxylic acids is 2. The smallest absolute Gasteiger partial charge is 0.326 e. The number of nitrogens with one attached hydrogen (secondary N) is 2. The molecule has 0 aliphatic carbocycles. The average Bonchev–Trinajstić information content (AvgIpc) is 2.94. The summed E-state index contributed by atoms with van der Waals surface area (Å²) in [5.74, 6) is -1.84. The Morgan fingerprint density at radius 2 is 1.69 bits per heavy atom. The molecule has 3 aromatic carbocycles. The molecule has 3 aromatic rings. The van der Waals surface area contributed by atoms with Gasteiger partial charge in [-0.15, -0.1) is 0 Å². The van der Waals surface area contributed by atoms with Gasteiger partial charge in [0.05, 0.1) is 11.7 Å². The highest BCUT2D eigenvalue weighted by atomic mass is 35.5. The van der Waals surface area contributed by atoms with Gasteiger partial charge in [-0.25, -0.2) is 4.79 Å². The van der Waals surface area contributed by atoms with Gasteiger partial charge in [-0.2, -0.15) is 0 Å². The molecule has 5 N–H and O–H groups in total. The zero-order valence-corrected chi connectivity index (χ0v) is 22.8. The molecule has 39 heavy (non-hydrogen) atoms. The van der Waals surface area contributed by atoms with E-state index < -0.39 is 24.0 Å². The molecule has 2 amide bonds. The fourth-order valence-electron chi connectivity index (χ4n) is 3.81. The predicted octanol–water partition coefficient (Wildman–Crippen LogP) is 5.05. The largest absolute Gasteiger partial charge is 0.487 e. The van der Waals surface area contributed by atoms with Crippen LogP contribution in [-0.2, 0) is 22.6 Å². The van der Waals surface area contributed by atoms with Crippen molar-refractivity contribution in [2.24, 2.45) is 11.7 Å². The van der Waals surface area contributed by atoms with Crippen LogP contribution in [0.4, 0.5) is 5.69 Å². The number of nitrogens with two attached hydrogens (primary N) is 1. The Bertz CT molecular complexity index is 1270. The molecule has 0 saturated carbocycles. The molecule has 3 rings (SSSR count). The number of anilines is 1. The zero-order valence-electron chi connectivity index (χ0n) is 22.0. The van der Waals surface area contributed by atoms with Gasteiger partial charge in [0.25, 0.3) is 5.91 Å². The molecule has 0 aliphatic rings. The van der Waals surface area contributed by atoms with Crippen LogP contribution < -0.4 is 21.1 Å². The lowest BCUT2D eigenvalue weighted by atomic mass is 9.99. The Morgan fingerprint density at radius 1 is 1.00 bits per heavy atom. The van der Waals surface area contributed by atoms with Crippen LogP contribution in [0.15, 0.2) is 72.8 Å². The molecule has 206 valence electrons. The zero-order chi connectivity index (χ0) is 28.4. The number of carboxylic acids is 1. The maximum Gasteiger partial charge on any atom is 0.326 e. The fraction of sp³-hybridized carbons (Fsp3) is 0.300. The van der Waals surface area contributed by atoms with Crippen LogP contribution in [0.1, 0.15) is 48.2 Å². The van der Waals surface area contributed by atoms with Gasteiger partial charge in [0.1, 0.15) is 18.4 Å². The van der Waals surface area contributed by atoms with Crippen molar-refractivity contribution in [3.8, 4) is 5.75 Å². The van der Waals surface area contributed by atoms with E-state index in [4.69, 9.17) is 22.1 Å². The summed E-state index contributed by atoms with van der Waals surface area (Å²) in [6.45, 7) is 4.00. The maximum absolute atomic E-state index is 13.1. The van der Waals surface area contributed by atoms with Gasteiger partial charge in [0.2, 0.25) is 5.91 Å². The average molecular weight is 552 g/mol. The van der Waals surface area contributed by atoms with Crippen molar-refractivity contribution in [3.05, 3.63) is 94.5 Å². The van der Waals surface area contributed by atoms with Gasteiger partial charge in [-0.3, -0.25) is 9.59 Å². The minimum atomic E-state index is -1.12. The Balaban J connectivity index is 1.79. The monoisotopic (exact) mass is 551 g/mol. The van der Waals surface area contributed by atoms with Crippen LogP contribution in [0, 0.1) is 5.92 Å². The number of carbonyl (C=O) groups is 3. The second kappa shape index (κ2) is 14.3. The maximum atomic E-state index is 13.1. The van der Waals surface area contributed by atoms with Crippen molar-refractivity contribution >= 4 is 35.1 Å². The van der Waals surface area contributed by atoms with Crippen molar-refractivity contribution in [2.75, 3.05) is 5.32 Å². The van der Waals surface area contributed by atoms with Crippen molar-refractivity contribution in [3.63, 3.8) is 0 Å². The van der Waals surface area contributed by atoms with Crippen LogP contribution in [0.5, 0.6) is 5.75 Å². The van der Waals surface area contributed by atoms with E-state index in [9.17, 15) is 19.5 Å². The molecular formula is C30H34ClN3O5. The number of aliphatic carboxylic acids is 1. The van der Waals surface area contributed by atoms with Gasteiger partial charge in [-0.05, 0) is 60.2 Å². The summed E-state index contributed by atoms with van der Waals surface area (Å²) in [6.07, 6.45) is 1.46. The summed E-state index contributed by atoms with van der Waals surface area (Å²) >= 11 is 5.97. The van der Waals surface area contributed by atoms with Crippen molar-refractivity contribution in [1.82, 2.24) is 5.32 Å². The number of hydrogen-bond acceptors (Lipinski definition) is 5. The predicted molar refractivity (Wildman–Crippen MR) is 152 cm³/mol. The highest BCUT2D eigenvalue weighted by molar-refractivity contribution is 6.30. The molecule has 3 atom stereocenters. The topological polar surface area (TPSA) is 131 Å². The Morgan fingerprint density at radius 3 is 2.33 bits per heavy atom. The van der Waals surface area contributed by atoms with E-state index in [1.807, 2.05) is 44.2 Å². The SMILES string of the molecule is CC[C@H](C)[C@H](N)C(=O)Nc1ccc(C(=O)N[C@@H](CCc2ccccc2)C(=O)O)cc1OCc1ccc(Cl)cc1. The fourth-order valence-corrected chi connectivity index (χ4v) is 3.94. The van der Waals surface area contributed by atoms with Crippen molar-refractivity contribution in [2.45, 2.75) is 51.8 Å². The van der Waals surface area contributed by atoms with E-state index in [-0.39, 0.29) is 36.2 Å². The number of aryl methyl sites for hydroxylation is 1. The first-order chi connectivity index (χ1) is 18.7. The van der Waals surface area contributed by atoms with Crippen LogP contribution >= 0.6 is 11.6 Å². The second-order valence-corrected chi connectivity index (χ2v) is 9.85. The first kappa shape index (κ1) is 29.7. The third-order valence-electron chi connectivity index (χ3n) is 6.54. The number of rotatable bonds is 13. The summed E-state index contributed by atoms with van der Waals surface area (Å²) in [5, 5.41) is 15.7. The van der Waals surface area contributed by atoms with Crippen LogP contribution in [0.3, 0.4) is 0 Å². The van der Waals surface area contributed by atoms with E-state index in [1.165, 1.54) is 12.1 Å².